The van der Waals surface area contributed by atoms with Crippen molar-refractivity contribution in [3.05, 3.63) is 104 Å². The SMILES string of the molecule is Cc1ccc2c(c1)/C(=C/c1[nH]c(C)c(C(=O)N3CCC(N4CCCCC4)CC3)c1C)C(=O)N2.Cc1ccc2c(c1)/C(=C/c1[nH]c(C)c(C(=O)NCCN3CCOCC3)c1C)C(=O)N2. The van der Waals surface area contributed by atoms with Crippen LogP contribution in [-0.2, 0) is 14.3 Å². The molecule has 3 saturated heterocycles. The molecule has 0 atom stereocenters. The highest BCUT2D eigenvalue weighted by molar-refractivity contribution is 6.35. The van der Waals surface area contributed by atoms with Crippen LogP contribution in [0.2, 0.25) is 0 Å². The van der Waals surface area contributed by atoms with Gasteiger partial charge in [0.25, 0.3) is 23.6 Å². The van der Waals surface area contributed by atoms with Crippen LogP contribution in [0, 0.1) is 41.5 Å². The van der Waals surface area contributed by atoms with E-state index < -0.39 is 0 Å². The third-order valence-corrected chi connectivity index (χ3v) is 13.4. The van der Waals surface area contributed by atoms with Crippen molar-refractivity contribution < 1.29 is 23.9 Å². The van der Waals surface area contributed by atoms with E-state index >= 15 is 0 Å². The molecule has 0 aliphatic carbocycles. The first-order valence-corrected chi connectivity index (χ1v) is 22.6. The van der Waals surface area contributed by atoms with Crippen molar-refractivity contribution in [2.45, 2.75) is 79.7 Å². The Kier molecular flexibility index (Phi) is 13.2. The van der Waals surface area contributed by atoms with Crippen molar-refractivity contribution in [2.75, 3.05) is 76.2 Å². The number of hydrogen-bond acceptors (Lipinski definition) is 7. The van der Waals surface area contributed by atoms with Crippen LogP contribution in [0.25, 0.3) is 23.3 Å². The van der Waals surface area contributed by atoms with E-state index in [4.69, 9.17) is 4.74 Å². The van der Waals surface area contributed by atoms with Crippen LogP contribution in [0.5, 0.6) is 0 Å². The van der Waals surface area contributed by atoms with Gasteiger partial charge in [0.1, 0.15) is 0 Å². The number of carbonyl (C=O) groups excluding carboxylic acids is 4. The molecule has 7 heterocycles. The number of amides is 4. The summed E-state index contributed by atoms with van der Waals surface area (Å²) in [7, 11) is 0. The maximum absolute atomic E-state index is 13.5. The molecule has 0 bridgehead atoms. The van der Waals surface area contributed by atoms with Gasteiger partial charge in [-0.1, -0.05) is 29.7 Å². The Hall–Kier alpha value is -5.76. The van der Waals surface area contributed by atoms with Gasteiger partial charge >= 0.3 is 0 Å². The van der Waals surface area contributed by atoms with Gasteiger partial charge in [0.15, 0.2) is 0 Å². The second kappa shape index (κ2) is 18.9. The monoisotopic (exact) mass is 854 g/mol. The minimum absolute atomic E-state index is 0.0914. The zero-order valence-electron chi connectivity index (χ0n) is 37.7. The van der Waals surface area contributed by atoms with E-state index in [9.17, 15) is 19.2 Å². The molecular formula is C50H62N8O5. The van der Waals surface area contributed by atoms with E-state index in [2.05, 4.69) is 35.7 Å². The van der Waals surface area contributed by atoms with Gasteiger partial charge in [-0.3, -0.25) is 24.1 Å². The van der Waals surface area contributed by atoms with Crippen molar-refractivity contribution in [3.63, 3.8) is 0 Å². The Labute approximate surface area is 370 Å². The number of aromatic nitrogens is 2. The summed E-state index contributed by atoms with van der Waals surface area (Å²) in [4.78, 5) is 65.0. The summed E-state index contributed by atoms with van der Waals surface area (Å²) < 4.78 is 5.35. The topological polar surface area (TPSA) is 155 Å². The van der Waals surface area contributed by atoms with Gasteiger partial charge in [0, 0.05) is 90.6 Å². The van der Waals surface area contributed by atoms with Crippen molar-refractivity contribution in [1.82, 2.24) is 30.0 Å². The summed E-state index contributed by atoms with van der Waals surface area (Å²) >= 11 is 0. The summed E-state index contributed by atoms with van der Waals surface area (Å²) in [5, 5.41) is 8.87. The Morgan fingerprint density at radius 3 is 1.78 bits per heavy atom. The first-order valence-electron chi connectivity index (χ1n) is 22.6. The Morgan fingerprint density at radius 2 is 1.22 bits per heavy atom. The fourth-order valence-corrected chi connectivity index (χ4v) is 9.79. The van der Waals surface area contributed by atoms with Gasteiger partial charge in [0.2, 0.25) is 0 Å². The number of carbonyl (C=O) groups is 4. The van der Waals surface area contributed by atoms with E-state index in [-0.39, 0.29) is 23.6 Å². The van der Waals surface area contributed by atoms with Crippen LogP contribution in [0.15, 0.2) is 36.4 Å². The average Bonchev–Trinajstić information content (AvgIpc) is 3.96. The smallest absolute Gasteiger partial charge is 0.256 e. The van der Waals surface area contributed by atoms with Crippen LogP contribution < -0.4 is 16.0 Å². The molecule has 0 spiro atoms. The Balaban J connectivity index is 0.000000174. The molecule has 5 aliphatic heterocycles. The van der Waals surface area contributed by atoms with Gasteiger partial charge in [-0.2, -0.15) is 0 Å². The summed E-state index contributed by atoms with van der Waals surface area (Å²) in [6.07, 6.45) is 9.81. The van der Waals surface area contributed by atoms with E-state index in [1.54, 1.807) is 0 Å². The second-order valence-corrected chi connectivity index (χ2v) is 17.8. The van der Waals surface area contributed by atoms with E-state index in [0.717, 1.165) is 132 Å². The Morgan fingerprint density at radius 1 is 0.698 bits per heavy atom. The molecule has 332 valence electrons. The van der Waals surface area contributed by atoms with Crippen molar-refractivity contribution >= 4 is 58.3 Å². The van der Waals surface area contributed by atoms with Gasteiger partial charge in [-0.05, 0) is 128 Å². The van der Waals surface area contributed by atoms with Crippen molar-refractivity contribution in [3.8, 4) is 0 Å². The van der Waals surface area contributed by atoms with Crippen molar-refractivity contribution in [2.24, 2.45) is 0 Å². The van der Waals surface area contributed by atoms with Gasteiger partial charge < -0.3 is 40.5 Å². The number of benzene rings is 2. The predicted octanol–water partition coefficient (Wildman–Crippen LogP) is 7.02. The number of fused-ring (bicyclic) bond motifs is 2. The molecule has 13 heteroatoms. The number of aromatic amines is 2. The molecule has 0 unspecified atom stereocenters. The number of H-pyrrole nitrogens is 2. The number of anilines is 2. The highest BCUT2D eigenvalue weighted by atomic mass is 16.5. The number of aryl methyl sites for hydroxylation is 4. The molecule has 2 aromatic heterocycles. The number of ether oxygens (including phenoxy) is 1. The lowest BCUT2D eigenvalue weighted by Gasteiger charge is -2.40. The second-order valence-electron chi connectivity index (χ2n) is 17.8. The summed E-state index contributed by atoms with van der Waals surface area (Å²) in [6, 6.07) is 12.5. The van der Waals surface area contributed by atoms with Gasteiger partial charge in [0.05, 0.1) is 35.5 Å². The molecule has 5 N–H and O–H groups in total. The van der Waals surface area contributed by atoms with Crippen molar-refractivity contribution in [1.29, 1.82) is 0 Å². The van der Waals surface area contributed by atoms with Crippen LogP contribution in [0.4, 0.5) is 11.4 Å². The fourth-order valence-electron chi connectivity index (χ4n) is 9.79. The molecule has 4 amide bonds. The molecule has 3 fully saturated rings. The van der Waals surface area contributed by atoms with Crippen LogP contribution in [0.1, 0.15) is 109 Å². The Bertz CT molecular complexity index is 2470. The lowest BCUT2D eigenvalue weighted by atomic mass is 9.98. The van der Waals surface area contributed by atoms with Crippen LogP contribution in [0.3, 0.4) is 0 Å². The zero-order chi connectivity index (χ0) is 44.4. The molecule has 63 heavy (non-hydrogen) atoms. The first kappa shape index (κ1) is 43.9. The van der Waals surface area contributed by atoms with E-state index in [0.29, 0.717) is 29.3 Å². The van der Waals surface area contributed by atoms with Gasteiger partial charge in [-0.25, -0.2) is 0 Å². The van der Waals surface area contributed by atoms with E-state index in [1.807, 2.05) is 95.0 Å². The molecular weight excluding hydrogens is 793 g/mol. The maximum Gasteiger partial charge on any atom is 0.256 e. The minimum atomic E-state index is -0.126. The summed E-state index contributed by atoms with van der Waals surface area (Å²) in [6.45, 7) is 20.5. The van der Waals surface area contributed by atoms with Crippen LogP contribution >= 0.6 is 0 Å². The number of hydrogen-bond donors (Lipinski definition) is 5. The number of likely N-dealkylation sites (tertiary alicyclic amines) is 2. The molecule has 4 aromatic rings. The summed E-state index contributed by atoms with van der Waals surface area (Å²) in [5.41, 5.74) is 13.3. The molecule has 0 radical (unpaired) electrons. The fraction of sp³-hybridized carbons (Fsp3) is 0.440. The average molecular weight is 855 g/mol. The molecule has 13 nitrogen and oxygen atoms in total. The van der Waals surface area contributed by atoms with E-state index in [1.165, 1.54) is 32.4 Å². The predicted molar refractivity (Wildman–Crippen MR) is 250 cm³/mol. The number of morpholine rings is 1. The number of rotatable bonds is 8. The minimum Gasteiger partial charge on any atom is -0.379 e. The zero-order valence-corrected chi connectivity index (χ0v) is 37.7. The normalized spacial score (nSPS) is 19.4. The third-order valence-electron chi connectivity index (χ3n) is 13.4. The number of piperidine rings is 2. The third kappa shape index (κ3) is 9.46. The summed E-state index contributed by atoms with van der Waals surface area (Å²) in [5.74, 6) is -0.213. The lowest BCUT2D eigenvalue weighted by molar-refractivity contribution is -0.111. The largest absolute Gasteiger partial charge is 0.379 e. The molecule has 5 aliphatic rings. The molecule has 0 saturated carbocycles. The number of nitrogens with zero attached hydrogens (tertiary/aromatic N) is 3. The quantitative estimate of drug-likeness (QED) is 0.120. The number of nitrogens with one attached hydrogen (secondary N) is 5. The molecule has 2 aromatic carbocycles. The maximum atomic E-state index is 13.5. The highest BCUT2D eigenvalue weighted by Gasteiger charge is 2.31. The molecule has 9 rings (SSSR count). The van der Waals surface area contributed by atoms with Crippen LogP contribution in [-0.4, -0.2) is 120 Å². The highest BCUT2D eigenvalue weighted by Crippen LogP contribution is 2.36. The standard InChI is InChI=1S/C27H34N4O2.C23H28N4O3/c1-17-7-8-23-21(15-17)22(26(32)29-23)16-24-18(2)25(19(3)28-24)27(33)31-13-9-20(10-14-31)30-11-5-4-6-12-30;1-14-4-5-19-17(12-14)18(22(28)26-19)13-20-15(2)21(16(3)25-20)23(29)24-6-7-27-8-10-30-11-9-27/h7-8,15-16,20,28H,4-6,9-14H2,1-3H3,(H,29,32);4-5,12-13,25H,6-11H2,1-3H3,(H,24,29)(H,26,28)/b22-16-;18-13-. The first-order chi connectivity index (χ1) is 30.4. The lowest BCUT2D eigenvalue weighted by Crippen LogP contribution is -2.48. The van der Waals surface area contributed by atoms with Gasteiger partial charge in [-0.15, -0.1) is 0 Å².